The molecule has 1 aromatic heterocycles. The summed E-state index contributed by atoms with van der Waals surface area (Å²) in [6.07, 6.45) is 1.97. The van der Waals surface area contributed by atoms with Crippen LogP contribution in [0.25, 0.3) is 10.1 Å². The van der Waals surface area contributed by atoms with Crippen LogP contribution in [0.3, 0.4) is 0 Å². The van der Waals surface area contributed by atoms with Gasteiger partial charge in [-0.1, -0.05) is 0 Å². The Balaban J connectivity index is 1.92. The van der Waals surface area contributed by atoms with Crippen LogP contribution in [0.1, 0.15) is 28.1 Å². The monoisotopic (exact) mass is 319 g/mol. The number of carbonyl (C=O) groups is 1. The minimum Gasteiger partial charge on any atom is -0.497 e. The number of aliphatic hydroxyl groups excluding tert-OH is 1. The molecule has 1 aliphatic rings. The fraction of sp³-hybridized carbons (Fsp3) is 0.471. The zero-order valence-electron chi connectivity index (χ0n) is 13.0. The number of nitrogens with zero attached hydrogens (tertiary/aromatic N) is 1. The summed E-state index contributed by atoms with van der Waals surface area (Å²) in [6, 6.07) is 5.93. The van der Waals surface area contributed by atoms with Gasteiger partial charge in [0, 0.05) is 24.4 Å². The smallest absolute Gasteiger partial charge is 0.264 e. The lowest BCUT2D eigenvalue weighted by Gasteiger charge is -2.31. The van der Waals surface area contributed by atoms with Gasteiger partial charge in [0.25, 0.3) is 5.91 Å². The van der Waals surface area contributed by atoms with E-state index in [-0.39, 0.29) is 18.4 Å². The quantitative estimate of drug-likeness (QED) is 0.946. The molecule has 3 rings (SSSR count). The van der Waals surface area contributed by atoms with Crippen molar-refractivity contribution in [2.45, 2.75) is 19.8 Å². The molecule has 2 heterocycles. The molecule has 4 nitrogen and oxygen atoms in total. The minimum atomic E-state index is 0.0933. The number of likely N-dealkylation sites (tertiary alicyclic amines) is 1. The molecular formula is C17H21NO3S. The Morgan fingerprint density at radius 1 is 1.50 bits per heavy atom. The van der Waals surface area contributed by atoms with E-state index in [0.29, 0.717) is 6.54 Å². The second-order valence-electron chi connectivity index (χ2n) is 5.86. The summed E-state index contributed by atoms with van der Waals surface area (Å²) >= 11 is 1.54. The third-order valence-corrected chi connectivity index (χ3v) is 5.66. The van der Waals surface area contributed by atoms with Crippen LogP contribution >= 0.6 is 11.3 Å². The van der Waals surface area contributed by atoms with Crippen LogP contribution in [-0.2, 0) is 0 Å². The Kier molecular flexibility index (Phi) is 4.36. The normalized spacial score (nSPS) is 18.7. The lowest BCUT2D eigenvalue weighted by Crippen LogP contribution is -2.40. The highest BCUT2D eigenvalue weighted by Crippen LogP contribution is 2.34. The van der Waals surface area contributed by atoms with Gasteiger partial charge in [-0.15, -0.1) is 11.3 Å². The zero-order valence-corrected chi connectivity index (χ0v) is 13.8. The number of fused-ring (bicyclic) bond motifs is 1. The van der Waals surface area contributed by atoms with E-state index in [1.54, 1.807) is 18.4 Å². The van der Waals surface area contributed by atoms with Gasteiger partial charge in [-0.2, -0.15) is 0 Å². The number of benzene rings is 1. The Hall–Kier alpha value is -1.59. The first-order valence-electron chi connectivity index (χ1n) is 7.61. The first-order chi connectivity index (χ1) is 10.6. The average Bonchev–Trinajstić information content (AvgIpc) is 2.90. The van der Waals surface area contributed by atoms with Crippen molar-refractivity contribution in [1.29, 1.82) is 0 Å². The standard InChI is InChI=1S/C17H21NO3S/c1-11-14-8-13(21-2)5-6-15(14)22-16(11)17(20)18-7-3-4-12(9-18)10-19/h5-6,8,12,19H,3-4,7,9-10H2,1-2H3. The van der Waals surface area contributed by atoms with Gasteiger partial charge in [-0.05, 0) is 54.8 Å². The Labute approximate surface area is 134 Å². The molecule has 0 saturated carbocycles. The van der Waals surface area contributed by atoms with Crippen LogP contribution in [-0.4, -0.2) is 42.7 Å². The number of ether oxygens (including phenoxy) is 1. The molecule has 1 aliphatic heterocycles. The van der Waals surface area contributed by atoms with Crippen molar-refractivity contribution in [3.05, 3.63) is 28.6 Å². The molecule has 1 atom stereocenters. The Morgan fingerprint density at radius 2 is 2.32 bits per heavy atom. The summed E-state index contributed by atoms with van der Waals surface area (Å²) < 4.78 is 6.38. The Morgan fingerprint density at radius 3 is 3.05 bits per heavy atom. The number of aryl methyl sites for hydroxylation is 1. The number of hydrogen-bond donors (Lipinski definition) is 1. The molecule has 0 radical (unpaired) electrons. The second-order valence-corrected chi connectivity index (χ2v) is 6.91. The molecule has 2 aromatic rings. The van der Waals surface area contributed by atoms with Crippen LogP contribution < -0.4 is 4.74 Å². The first-order valence-corrected chi connectivity index (χ1v) is 8.43. The molecule has 0 spiro atoms. The molecule has 1 saturated heterocycles. The van der Waals surface area contributed by atoms with Crippen molar-refractivity contribution in [2.24, 2.45) is 5.92 Å². The number of thiophene rings is 1. The van der Waals surface area contributed by atoms with Gasteiger partial charge in [0.1, 0.15) is 5.75 Å². The highest BCUT2D eigenvalue weighted by molar-refractivity contribution is 7.21. The minimum absolute atomic E-state index is 0.0933. The topological polar surface area (TPSA) is 49.8 Å². The van der Waals surface area contributed by atoms with E-state index in [2.05, 4.69) is 0 Å². The third-order valence-electron chi connectivity index (χ3n) is 4.40. The van der Waals surface area contributed by atoms with E-state index >= 15 is 0 Å². The van der Waals surface area contributed by atoms with Gasteiger partial charge < -0.3 is 14.7 Å². The second kappa shape index (κ2) is 6.26. The number of methoxy groups -OCH3 is 1. The fourth-order valence-electron chi connectivity index (χ4n) is 3.07. The van der Waals surface area contributed by atoms with Gasteiger partial charge in [0.15, 0.2) is 0 Å². The van der Waals surface area contributed by atoms with Crippen LogP contribution in [0.4, 0.5) is 0 Å². The number of aliphatic hydroxyl groups is 1. The van der Waals surface area contributed by atoms with Gasteiger partial charge in [-0.25, -0.2) is 0 Å². The van der Waals surface area contributed by atoms with Gasteiger partial charge >= 0.3 is 0 Å². The maximum atomic E-state index is 12.8. The predicted molar refractivity (Wildman–Crippen MR) is 88.8 cm³/mol. The van der Waals surface area contributed by atoms with Gasteiger partial charge in [0.2, 0.25) is 0 Å². The Bertz CT molecular complexity index is 695. The van der Waals surface area contributed by atoms with E-state index in [9.17, 15) is 9.90 Å². The van der Waals surface area contributed by atoms with Crippen LogP contribution in [0.15, 0.2) is 18.2 Å². The molecular weight excluding hydrogens is 298 g/mol. The van der Waals surface area contributed by atoms with E-state index in [1.807, 2.05) is 30.0 Å². The number of carbonyl (C=O) groups excluding carboxylic acids is 1. The third kappa shape index (κ3) is 2.71. The van der Waals surface area contributed by atoms with E-state index in [1.165, 1.54) is 0 Å². The maximum absolute atomic E-state index is 12.8. The zero-order chi connectivity index (χ0) is 15.7. The highest BCUT2D eigenvalue weighted by atomic mass is 32.1. The van der Waals surface area contributed by atoms with Crippen LogP contribution in [0.5, 0.6) is 5.75 Å². The maximum Gasteiger partial charge on any atom is 0.264 e. The number of hydrogen-bond acceptors (Lipinski definition) is 4. The summed E-state index contributed by atoms with van der Waals surface area (Å²) in [6.45, 7) is 3.60. The van der Waals surface area contributed by atoms with Crippen LogP contribution in [0, 0.1) is 12.8 Å². The molecule has 1 fully saturated rings. The first kappa shape index (κ1) is 15.3. The molecule has 1 N–H and O–H groups in total. The number of amides is 1. The summed E-state index contributed by atoms with van der Waals surface area (Å²) in [5, 5.41) is 10.4. The molecule has 0 aliphatic carbocycles. The molecule has 0 bridgehead atoms. The summed E-state index contributed by atoms with van der Waals surface area (Å²) in [7, 11) is 1.65. The van der Waals surface area contributed by atoms with Crippen molar-refractivity contribution in [3.63, 3.8) is 0 Å². The lowest BCUT2D eigenvalue weighted by molar-refractivity contribution is 0.0625. The fourth-order valence-corrected chi connectivity index (χ4v) is 4.23. The van der Waals surface area contributed by atoms with Crippen molar-refractivity contribution in [2.75, 3.05) is 26.8 Å². The lowest BCUT2D eigenvalue weighted by atomic mass is 9.98. The molecule has 22 heavy (non-hydrogen) atoms. The molecule has 1 amide bonds. The SMILES string of the molecule is COc1ccc2sc(C(=O)N3CCCC(CO)C3)c(C)c2c1. The molecule has 118 valence electrons. The highest BCUT2D eigenvalue weighted by Gasteiger charge is 2.26. The van der Waals surface area contributed by atoms with Crippen molar-refractivity contribution in [1.82, 2.24) is 4.90 Å². The summed E-state index contributed by atoms with van der Waals surface area (Å²) in [5.41, 5.74) is 1.02. The van der Waals surface area contributed by atoms with E-state index in [0.717, 1.165) is 45.7 Å². The largest absolute Gasteiger partial charge is 0.497 e. The summed E-state index contributed by atoms with van der Waals surface area (Å²) in [5.74, 6) is 1.12. The molecule has 1 unspecified atom stereocenters. The predicted octanol–water partition coefficient (Wildman–Crippen LogP) is 3.06. The summed E-state index contributed by atoms with van der Waals surface area (Å²) in [4.78, 5) is 15.5. The molecule has 5 heteroatoms. The van der Waals surface area contributed by atoms with Crippen molar-refractivity contribution >= 4 is 27.3 Å². The van der Waals surface area contributed by atoms with E-state index < -0.39 is 0 Å². The molecule has 1 aromatic carbocycles. The van der Waals surface area contributed by atoms with Crippen molar-refractivity contribution < 1.29 is 14.6 Å². The van der Waals surface area contributed by atoms with Gasteiger partial charge in [0.05, 0.1) is 12.0 Å². The van der Waals surface area contributed by atoms with E-state index in [4.69, 9.17) is 4.74 Å². The average molecular weight is 319 g/mol. The number of rotatable bonds is 3. The number of piperidine rings is 1. The van der Waals surface area contributed by atoms with Gasteiger partial charge in [-0.3, -0.25) is 4.79 Å². The van der Waals surface area contributed by atoms with Crippen molar-refractivity contribution in [3.8, 4) is 5.75 Å². The van der Waals surface area contributed by atoms with Crippen LogP contribution in [0.2, 0.25) is 0 Å².